The summed E-state index contributed by atoms with van der Waals surface area (Å²) in [4.78, 5) is 14.8. The molecule has 29 heavy (non-hydrogen) atoms. The van der Waals surface area contributed by atoms with Crippen molar-refractivity contribution in [2.75, 3.05) is 33.7 Å². The van der Waals surface area contributed by atoms with E-state index in [1.54, 1.807) is 12.1 Å². The molecule has 1 N–H and O–H groups in total. The van der Waals surface area contributed by atoms with Crippen molar-refractivity contribution in [1.29, 1.82) is 0 Å². The van der Waals surface area contributed by atoms with Gasteiger partial charge in [0.25, 0.3) is 5.91 Å². The number of carbonyl (C=O) groups excluding carboxylic acids is 1. The Kier molecular flexibility index (Phi) is 6.95. The monoisotopic (exact) mass is 435 g/mol. The van der Waals surface area contributed by atoms with Gasteiger partial charge in [-0.25, -0.2) is 8.42 Å². The van der Waals surface area contributed by atoms with Crippen molar-refractivity contribution >= 4 is 27.5 Å². The largest absolute Gasteiger partial charge is 0.350 e. The summed E-state index contributed by atoms with van der Waals surface area (Å²) in [5.74, 6) is -0.256. The first-order valence-corrected chi connectivity index (χ1v) is 11.4. The van der Waals surface area contributed by atoms with E-state index in [0.29, 0.717) is 30.2 Å². The van der Waals surface area contributed by atoms with E-state index in [2.05, 4.69) is 5.32 Å². The van der Waals surface area contributed by atoms with Gasteiger partial charge in [-0.3, -0.25) is 4.79 Å². The Morgan fingerprint density at radius 1 is 1.10 bits per heavy atom. The fourth-order valence-electron chi connectivity index (χ4n) is 3.46. The Hall–Kier alpha value is -1.93. The molecule has 1 atom stereocenters. The van der Waals surface area contributed by atoms with Crippen LogP contribution in [0.4, 0.5) is 0 Å². The molecular formula is C21H26ClN3O3S. The number of halogens is 1. The van der Waals surface area contributed by atoms with Crippen LogP contribution < -0.4 is 5.32 Å². The molecule has 0 spiro atoms. The minimum Gasteiger partial charge on any atom is -0.350 e. The molecule has 0 aliphatic carbocycles. The van der Waals surface area contributed by atoms with E-state index >= 15 is 0 Å². The fraction of sp³-hybridized carbons (Fsp3) is 0.381. The topological polar surface area (TPSA) is 69.7 Å². The first-order valence-electron chi connectivity index (χ1n) is 9.60. The van der Waals surface area contributed by atoms with Crippen LogP contribution in [-0.4, -0.2) is 57.3 Å². The molecule has 1 amide bonds. The molecule has 0 saturated carbocycles. The van der Waals surface area contributed by atoms with E-state index in [4.69, 9.17) is 11.6 Å². The highest BCUT2D eigenvalue weighted by molar-refractivity contribution is 7.89. The van der Waals surface area contributed by atoms with Gasteiger partial charge < -0.3 is 10.2 Å². The Balaban J connectivity index is 1.68. The van der Waals surface area contributed by atoms with Gasteiger partial charge in [0.05, 0.1) is 10.9 Å². The molecule has 6 nitrogen and oxygen atoms in total. The highest BCUT2D eigenvalue weighted by Crippen LogP contribution is 2.25. The molecule has 0 unspecified atom stereocenters. The molecule has 2 aromatic carbocycles. The summed E-state index contributed by atoms with van der Waals surface area (Å²) < 4.78 is 26.7. The third-order valence-electron chi connectivity index (χ3n) is 5.16. The lowest BCUT2D eigenvalue weighted by Crippen LogP contribution is -2.34. The zero-order valence-corrected chi connectivity index (χ0v) is 18.2. The molecule has 1 saturated heterocycles. The number of benzene rings is 2. The molecule has 8 heteroatoms. The minimum atomic E-state index is -3.48. The molecule has 1 heterocycles. The van der Waals surface area contributed by atoms with Crippen LogP contribution in [-0.2, 0) is 10.0 Å². The van der Waals surface area contributed by atoms with Crippen LogP contribution in [0.3, 0.4) is 0 Å². The van der Waals surface area contributed by atoms with Crippen molar-refractivity contribution < 1.29 is 13.2 Å². The summed E-state index contributed by atoms with van der Waals surface area (Å²) in [7, 11) is 0.379. The maximum absolute atomic E-state index is 12.6. The van der Waals surface area contributed by atoms with E-state index in [0.717, 1.165) is 18.4 Å². The van der Waals surface area contributed by atoms with Crippen LogP contribution in [0.2, 0.25) is 5.02 Å². The number of sulfonamides is 1. The molecular weight excluding hydrogens is 410 g/mol. The maximum Gasteiger partial charge on any atom is 0.251 e. The van der Waals surface area contributed by atoms with Crippen LogP contribution >= 0.6 is 11.6 Å². The summed E-state index contributed by atoms with van der Waals surface area (Å²) in [6, 6.07) is 13.6. The first kappa shape index (κ1) is 21.8. The van der Waals surface area contributed by atoms with E-state index in [1.165, 1.54) is 16.4 Å². The van der Waals surface area contributed by atoms with Crippen molar-refractivity contribution in [3.63, 3.8) is 0 Å². The number of rotatable bonds is 7. The Morgan fingerprint density at radius 3 is 2.31 bits per heavy atom. The lowest BCUT2D eigenvalue weighted by atomic mass is 10.1. The lowest BCUT2D eigenvalue weighted by Gasteiger charge is -2.26. The molecule has 156 valence electrons. The standard InChI is InChI=1S/C21H26ClN3O3S/c1-24(2)20(18-7-3-4-8-19(18)22)15-23-21(26)16-9-11-17(12-10-16)29(27,28)25-13-5-6-14-25/h3-4,7-12,20H,5-6,13-15H2,1-2H3,(H,23,26)/t20-/m1/s1. The van der Waals surface area contributed by atoms with Crippen molar-refractivity contribution in [2.24, 2.45) is 0 Å². The second-order valence-corrected chi connectivity index (χ2v) is 9.69. The van der Waals surface area contributed by atoms with Gasteiger partial charge in [0.2, 0.25) is 10.0 Å². The van der Waals surface area contributed by atoms with E-state index in [1.807, 2.05) is 43.3 Å². The molecule has 3 rings (SSSR count). The second-order valence-electron chi connectivity index (χ2n) is 7.35. The molecule has 0 radical (unpaired) electrons. The zero-order chi connectivity index (χ0) is 21.0. The van der Waals surface area contributed by atoms with Gasteiger partial charge in [0.1, 0.15) is 0 Å². The second kappa shape index (κ2) is 9.26. The van der Waals surface area contributed by atoms with Crippen LogP contribution in [0.1, 0.15) is 34.8 Å². The maximum atomic E-state index is 12.6. The number of carbonyl (C=O) groups is 1. The van der Waals surface area contributed by atoms with Gasteiger partial charge in [-0.1, -0.05) is 29.8 Å². The summed E-state index contributed by atoms with van der Waals surface area (Å²) >= 11 is 6.31. The molecule has 1 fully saturated rings. The lowest BCUT2D eigenvalue weighted by molar-refractivity contribution is 0.0942. The van der Waals surface area contributed by atoms with Gasteiger partial charge in [-0.05, 0) is 62.8 Å². The molecule has 0 bridgehead atoms. The number of amides is 1. The van der Waals surface area contributed by atoms with Crippen LogP contribution in [0.15, 0.2) is 53.4 Å². The van der Waals surface area contributed by atoms with Crippen LogP contribution in [0, 0.1) is 0 Å². The zero-order valence-electron chi connectivity index (χ0n) is 16.6. The van der Waals surface area contributed by atoms with Crippen molar-refractivity contribution in [1.82, 2.24) is 14.5 Å². The SMILES string of the molecule is CN(C)[C@H](CNC(=O)c1ccc(S(=O)(=O)N2CCCC2)cc1)c1ccccc1Cl. The number of nitrogens with zero attached hydrogens (tertiary/aromatic N) is 2. The van der Waals surface area contributed by atoms with Gasteiger partial charge in [0.15, 0.2) is 0 Å². The van der Waals surface area contributed by atoms with E-state index in [-0.39, 0.29) is 16.8 Å². The summed E-state index contributed by atoms with van der Waals surface area (Å²) in [6.07, 6.45) is 1.77. The average molecular weight is 436 g/mol. The molecule has 1 aliphatic rings. The average Bonchev–Trinajstić information content (AvgIpc) is 3.25. The predicted molar refractivity (Wildman–Crippen MR) is 115 cm³/mol. The van der Waals surface area contributed by atoms with Crippen molar-refractivity contribution in [2.45, 2.75) is 23.8 Å². The molecule has 0 aromatic heterocycles. The number of nitrogens with one attached hydrogen (secondary N) is 1. The van der Waals surface area contributed by atoms with Gasteiger partial charge >= 0.3 is 0 Å². The Morgan fingerprint density at radius 2 is 1.72 bits per heavy atom. The number of hydrogen-bond donors (Lipinski definition) is 1. The smallest absolute Gasteiger partial charge is 0.251 e. The van der Waals surface area contributed by atoms with Gasteiger partial charge in [-0.15, -0.1) is 0 Å². The fourth-order valence-corrected chi connectivity index (χ4v) is 5.24. The predicted octanol–water partition coefficient (Wildman–Crippen LogP) is 3.16. The minimum absolute atomic E-state index is 0.0810. The Bertz CT molecular complexity index is 955. The third-order valence-corrected chi connectivity index (χ3v) is 7.42. The Labute approximate surface area is 177 Å². The van der Waals surface area contributed by atoms with E-state index < -0.39 is 10.0 Å². The van der Waals surface area contributed by atoms with Gasteiger partial charge in [0, 0.05) is 30.2 Å². The van der Waals surface area contributed by atoms with Crippen molar-refractivity contribution in [3.05, 3.63) is 64.7 Å². The first-order chi connectivity index (χ1) is 13.8. The number of hydrogen-bond acceptors (Lipinski definition) is 4. The molecule has 2 aromatic rings. The highest BCUT2D eigenvalue weighted by Gasteiger charge is 2.27. The van der Waals surface area contributed by atoms with Crippen molar-refractivity contribution in [3.8, 4) is 0 Å². The van der Waals surface area contributed by atoms with Crippen LogP contribution in [0.25, 0.3) is 0 Å². The van der Waals surface area contributed by atoms with E-state index in [9.17, 15) is 13.2 Å². The highest BCUT2D eigenvalue weighted by atomic mass is 35.5. The van der Waals surface area contributed by atoms with Gasteiger partial charge in [-0.2, -0.15) is 4.31 Å². The third kappa shape index (κ3) is 4.98. The normalized spacial score (nSPS) is 16.1. The number of likely N-dealkylation sites (N-methyl/N-ethyl adjacent to an activating group) is 1. The molecule has 1 aliphatic heterocycles. The summed E-state index contributed by atoms with van der Waals surface area (Å²) in [5, 5.41) is 3.57. The summed E-state index contributed by atoms with van der Waals surface area (Å²) in [6.45, 7) is 1.49. The van der Waals surface area contributed by atoms with Crippen LogP contribution in [0.5, 0.6) is 0 Å². The quantitative estimate of drug-likeness (QED) is 0.725. The summed E-state index contributed by atoms with van der Waals surface area (Å²) in [5.41, 5.74) is 1.36.